The minimum absolute atomic E-state index is 0.0402. The van der Waals surface area contributed by atoms with Gasteiger partial charge in [0, 0.05) is 15.0 Å². The van der Waals surface area contributed by atoms with Gasteiger partial charge in [-0.15, -0.1) is 0 Å². The third kappa shape index (κ3) is 5.06. The highest BCUT2D eigenvalue weighted by Crippen LogP contribution is 2.26. The standard InChI is InChI=1S/C15H21Br2N3O/c1-2-20(12-5-7-18-8-6-12)10-15(21)19-14-4-3-11(16)9-13(14)17/h3-4,9,12,18H,2,5-8,10H2,1H3,(H,19,21). The van der Waals surface area contributed by atoms with E-state index in [4.69, 9.17) is 0 Å². The SMILES string of the molecule is CCN(CC(=O)Nc1ccc(Br)cc1Br)C1CCNCC1. The minimum atomic E-state index is 0.0402. The summed E-state index contributed by atoms with van der Waals surface area (Å²) in [6.07, 6.45) is 2.23. The van der Waals surface area contributed by atoms with Crippen molar-refractivity contribution in [1.82, 2.24) is 10.2 Å². The van der Waals surface area contributed by atoms with Gasteiger partial charge in [0.05, 0.1) is 12.2 Å². The van der Waals surface area contributed by atoms with E-state index in [0.29, 0.717) is 12.6 Å². The summed E-state index contributed by atoms with van der Waals surface area (Å²) < 4.78 is 1.87. The first-order valence-corrected chi connectivity index (χ1v) is 8.88. The van der Waals surface area contributed by atoms with E-state index in [1.807, 2.05) is 18.2 Å². The molecule has 2 N–H and O–H groups in total. The number of benzene rings is 1. The molecule has 1 heterocycles. The fourth-order valence-electron chi connectivity index (χ4n) is 2.64. The zero-order valence-electron chi connectivity index (χ0n) is 12.2. The number of piperidine rings is 1. The highest BCUT2D eigenvalue weighted by molar-refractivity contribution is 9.11. The van der Waals surface area contributed by atoms with Gasteiger partial charge in [0.1, 0.15) is 0 Å². The number of halogens is 2. The third-order valence-electron chi connectivity index (χ3n) is 3.78. The molecule has 4 nitrogen and oxygen atoms in total. The Balaban J connectivity index is 1.92. The van der Waals surface area contributed by atoms with E-state index in [1.165, 1.54) is 0 Å². The summed E-state index contributed by atoms with van der Waals surface area (Å²) in [4.78, 5) is 14.5. The van der Waals surface area contributed by atoms with E-state index in [0.717, 1.165) is 47.1 Å². The van der Waals surface area contributed by atoms with E-state index in [-0.39, 0.29) is 5.91 Å². The van der Waals surface area contributed by atoms with Crippen molar-refractivity contribution in [2.75, 3.05) is 31.5 Å². The molecule has 6 heteroatoms. The summed E-state index contributed by atoms with van der Waals surface area (Å²) in [6, 6.07) is 6.26. The molecular formula is C15H21Br2N3O. The predicted octanol–water partition coefficient (Wildman–Crippen LogP) is 3.22. The number of amides is 1. The lowest BCUT2D eigenvalue weighted by Crippen LogP contribution is -2.46. The zero-order valence-corrected chi connectivity index (χ0v) is 15.3. The van der Waals surface area contributed by atoms with Crippen LogP contribution in [0.5, 0.6) is 0 Å². The highest BCUT2D eigenvalue weighted by Gasteiger charge is 2.21. The van der Waals surface area contributed by atoms with Crippen molar-refractivity contribution in [3.63, 3.8) is 0 Å². The Hall–Kier alpha value is -0.430. The van der Waals surface area contributed by atoms with Crippen molar-refractivity contribution in [2.45, 2.75) is 25.8 Å². The Morgan fingerprint density at radius 3 is 2.71 bits per heavy atom. The maximum absolute atomic E-state index is 12.3. The van der Waals surface area contributed by atoms with E-state index in [9.17, 15) is 4.79 Å². The van der Waals surface area contributed by atoms with Gasteiger partial charge in [0.25, 0.3) is 0 Å². The number of rotatable bonds is 5. The van der Waals surface area contributed by atoms with E-state index in [2.05, 4.69) is 54.3 Å². The van der Waals surface area contributed by atoms with Crippen molar-refractivity contribution in [2.24, 2.45) is 0 Å². The first-order chi connectivity index (χ1) is 10.1. The van der Waals surface area contributed by atoms with Gasteiger partial charge in [-0.25, -0.2) is 0 Å². The van der Waals surface area contributed by atoms with E-state index in [1.54, 1.807) is 0 Å². The molecule has 116 valence electrons. The van der Waals surface area contributed by atoms with Crippen LogP contribution in [0.3, 0.4) is 0 Å². The molecule has 0 atom stereocenters. The van der Waals surface area contributed by atoms with Crippen molar-refractivity contribution in [3.8, 4) is 0 Å². The lowest BCUT2D eigenvalue weighted by atomic mass is 10.0. The number of carbonyl (C=O) groups excluding carboxylic acids is 1. The number of anilines is 1. The van der Waals surface area contributed by atoms with Crippen LogP contribution in [-0.2, 0) is 4.79 Å². The van der Waals surface area contributed by atoms with Crippen molar-refractivity contribution in [1.29, 1.82) is 0 Å². The van der Waals surface area contributed by atoms with E-state index >= 15 is 0 Å². The molecule has 0 aliphatic carbocycles. The van der Waals surface area contributed by atoms with Crippen LogP contribution in [-0.4, -0.2) is 43.0 Å². The molecule has 1 aromatic rings. The van der Waals surface area contributed by atoms with Crippen LogP contribution in [0.4, 0.5) is 5.69 Å². The van der Waals surface area contributed by atoms with Gasteiger partial charge < -0.3 is 10.6 Å². The Morgan fingerprint density at radius 2 is 2.10 bits per heavy atom. The molecule has 0 bridgehead atoms. The molecule has 1 saturated heterocycles. The van der Waals surface area contributed by atoms with Gasteiger partial charge >= 0.3 is 0 Å². The average molecular weight is 419 g/mol. The second kappa shape index (κ2) is 8.27. The summed E-state index contributed by atoms with van der Waals surface area (Å²) in [5.41, 5.74) is 0.810. The fraction of sp³-hybridized carbons (Fsp3) is 0.533. The first kappa shape index (κ1) is 16.9. The van der Waals surface area contributed by atoms with Crippen LogP contribution in [0.15, 0.2) is 27.1 Å². The van der Waals surface area contributed by atoms with Crippen molar-refractivity contribution >= 4 is 43.5 Å². The Bertz CT molecular complexity index is 490. The van der Waals surface area contributed by atoms with Gasteiger partial charge in [-0.1, -0.05) is 22.9 Å². The molecule has 1 aliphatic heterocycles. The molecule has 1 amide bonds. The molecule has 2 rings (SSSR count). The number of nitrogens with one attached hydrogen (secondary N) is 2. The molecule has 1 aromatic carbocycles. The maximum atomic E-state index is 12.3. The topological polar surface area (TPSA) is 44.4 Å². The number of hydrogen-bond donors (Lipinski definition) is 2. The van der Waals surface area contributed by atoms with Crippen LogP contribution in [0.25, 0.3) is 0 Å². The first-order valence-electron chi connectivity index (χ1n) is 7.30. The van der Waals surface area contributed by atoms with Crippen LogP contribution in [0, 0.1) is 0 Å². The molecule has 0 saturated carbocycles. The second-order valence-corrected chi connectivity index (χ2v) is 6.99. The molecular weight excluding hydrogens is 398 g/mol. The smallest absolute Gasteiger partial charge is 0.238 e. The highest BCUT2D eigenvalue weighted by atomic mass is 79.9. The van der Waals surface area contributed by atoms with Crippen molar-refractivity contribution < 1.29 is 4.79 Å². The predicted molar refractivity (Wildman–Crippen MR) is 93.6 cm³/mol. The largest absolute Gasteiger partial charge is 0.324 e. The average Bonchev–Trinajstić information content (AvgIpc) is 2.48. The quantitative estimate of drug-likeness (QED) is 0.771. The fourth-order valence-corrected chi connectivity index (χ4v) is 3.78. The molecule has 0 spiro atoms. The second-order valence-electron chi connectivity index (χ2n) is 5.22. The van der Waals surface area contributed by atoms with Gasteiger partial charge in [0.15, 0.2) is 0 Å². The Morgan fingerprint density at radius 1 is 1.38 bits per heavy atom. The lowest BCUT2D eigenvalue weighted by Gasteiger charge is -2.33. The lowest BCUT2D eigenvalue weighted by molar-refractivity contribution is -0.118. The Labute approximate surface area is 142 Å². The molecule has 0 unspecified atom stereocenters. The van der Waals surface area contributed by atoms with Crippen LogP contribution in [0.1, 0.15) is 19.8 Å². The number of nitrogens with zero attached hydrogens (tertiary/aromatic N) is 1. The number of likely N-dealkylation sites (N-methyl/N-ethyl adjacent to an activating group) is 1. The maximum Gasteiger partial charge on any atom is 0.238 e. The summed E-state index contributed by atoms with van der Waals surface area (Å²) >= 11 is 6.88. The number of hydrogen-bond acceptors (Lipinski definition) is 3. The molecule has 1 fully saturated rings. The molecule has 21 heavy (non-hydrogen) atoms. The van der Waals surface area contributed by atoms with Crippen LogP contribution >= 0.6 is 31.9 Å². The number of carbonyl (C=O) groups is 1. The molecule has 0 radical (unpaired) electrons. The Kier molecular flexibility index (Phi) is 6.67. The molecule has 1 aliphatic rings. The third-order valence-corrected chi connectivity index (χ3v) is 4.93. The summed E-state index contributed by atoms with van der Waals surface area (Å²) in [5.74, 6) is 0.0402. The van der Waals surface area contributed by atoms with Crippen LogP contribution < -0.4 is 10.6 Å². The molecule has 0 aromatic heterocycles. The van der Waals surface area contributed by atoms with E-state index < -0.39 is 0 Å². The van der Waals surface area contributed by atoms with Crippen molar-refractivity contribution in [3.05, 3.63) is 27.1 Å². The normalized spacial score (nSPS) is 16.2. The summed E-state index contributed by atoms with van der Waals surface area (Å²) in [6.45, 7) is 5.55. The van der Waals surface area contributed by atoms with Crippen LogP contribution in [0.2, 0.25) is 0 Å². The van der Waals surface area contributed by atoms with Gasteiger partial charge in [0.2, 0.25) is 5.91 Å². The van der Waals surface area contributed by atoms with Gasteiger partial charge in [-0.3, -0.25) is 9.69 Å². The monoisotopic (exact) mass is 417 g/mol. The summed E-state index contributed by atoms with van der Waals surface area (Å²) in [5, 5.41) is 6.34. The summed E-state index contributed by atoms with van der Waals surface area (Å²) in [7, 11) is 0. The van der Waals surface area contributed by atoms with Gasteiger partial charge in [-0.2, -0.15) is 0 Å². The zero-order chi connectivity index (χ0) is 15.2. The minimum Gasteiger partial charge on any atom is -0.324 e. The van der Waals surface area contributed by atoms with Gasteiger partial charge in [-0.05, 0) is 66.6 Å².